The molecule has 0 unspecified atom stereocenters. The first-order valence-electron chi connectivity index (χ1n) is 7.27. The minimum Gasteiger partial charge on any atom is -0.392 e. The van der Waals surface area contributed by atoms with Crippen molar-refractivity contribution in [1.82, 2.24) is 0 Å². The second-order valence-electron chi connectivity index (χ2n) is 3.66. The first kappa shape index (κ1) is 8.57. The summed E-state index contributed by atoms with van der Waals surface area (Å²) in [7, 11) is 0. The summed E-state index contributed by atoms with van der Waals surface area (Å²) < 4.78 is 43.8. The van der Waals surface area contributed by atoms with Crippen molar-refractivity contribution in [2.24, 2.45) is 0 Å². The summed E-state index contributed by atoms with van der Waals surface area (Å²) in [4.78, 5) is 12.6. The third kappa shape index (κ3) is 2.67. The Morgan fingerprint density at radius 2 is 2.05 bits per heavy atom. The molecular weight excluding hydrogens is 245 g/mol. The maximum absolute atomic E-state index is 13.5. The van der Waals surface area contributed by atoms with Crippen LogP contribution in [-0.2, 0) is 6.61 Å². The molecule has 0 fully saturated rings. The van der Waals surface area contributed by atoms with Crippen LogP contribution >= 0.6 is 0 Å². The second kappa shape index (κ2) is 5.42. The molecule has 0 aromatic heterocycles. The highest BCUT2D eigenvalue weighted by Gasteiger charge is 2.13. The van der Waals surface area contributed by atoms with E-state index in [-0.39, 0.29) is 16.7 Å². The van der Waals surface area contributed by atoms with Gasteiger partial charge in [0.05, 0.1) is 23.7 Å². The third-order valence-corrected chi connectivity index (χ3v) is 2.47. The topological polar surface area (TPSA) is 61.1 Å². The van der Waals surface area contributed by atoms with Crippen LogP contribution in [0.4, 0.5) is 4.39 Å². The summed E-state index contributed by atoms with van der Waals surface area (Å²) in [5.74, 6) is -2.21. The normalized spacial score (nSPS) is 12.9. The first-order valence-corrected chi connectivity index (χ1v) is 5.27. The average molecular weight is 259 g/mol. The van der Waals surface area contributed by atoms with Gasteiger partial charge in [0.15, 0.2) is 5.78 Å². The van der Waals surface area contributed by atoms with Gasteiger partial charge in [0, 0.05) is 11.1 Å². The van der Waals surface area contributed by atoms with Crippen LogP contribution in [0, 0.1) is 17.1 Å². The number of hydrogen-bond acceptors (Lipinski definition) is 3. The van der Waals surface area contributed by atoms with Crippen molar-refractivity contribution in [1.29, 1.82) is 5.26 Å². The zero-order chi connectivity index (χ0) is 17.3. The number of halogens is 1. The maximum atomic E-state index is 13.5. The molecule has 0 bridgehead atoms. The van der Waals surface area contributed by atoms with Gasteiger partial charge in [0.1, 0.15) is 5.82 Å². The largest absolute Gasteiger partial charge is 0.392 e. The molecule has 0 radical (unpaired) electrons. The first-order chi connectivity index (χ1) is 10.8. The molecule has 2 aromatic carbocycles. The molecule has 0 aliphatic heterocycles. The van der Waals surface area contributed by atoms with Gasteiger partial charge in [0.25, 0.3) is 0 Å². The van der Waals surface area contributed by atoms with Crippen molar-refractivity contribution in [2.75, 3.05) is 0 Å². The zero-order valence-electron chi connectivity index (χ0n) is 13.6. The molecule has 4 heteroatoms. The number of nitrogens with zero attached hydrogens (tertiary/aromatic N) is 1. The van der Waals surface area contributed by atoms with Crippen LogP contribution in [0.2, 0.25) is 0 Å². The standard InChI is InChI=1S/C15H10FNO2/c16-13-4-2-11(3-5-13)15(19)14-6-1-10(8-17)7-12(14)9-18/h1-7,18H,9H2/i2D,3D,4D,5D. The fourth-order valence-corrected chi connectivity index (χ4v) is 1.56. The summed E-state index contributed by atoms with van der Waals surface area (Å²) in [6, 6.07) is 2.26. The van der Waals surface area contributed by atoms with Crippen molar-refractivity contribution in [2.45, 2.75) is 6.61 Å². The van der Waals surface area contributed by atoms with Gasteiger partial charge in [-0.1, -0.05) is 0 Å². The summed E-state index contributed by atoms with van der Waals surface area (Å²) in [5.41, 5.74) is -0.334. The molecule has 0 aliphatic rings. The molecule has 2 aromatic rings. The van der Waals surface area contributed by atoms with Crippen LogP contribution in [0.5, 0.6) is 0 Å². The number of ketones is 1. The molecule has 1 N–H and O–H groups in total. The molecule has 0 aliphatic carbocycles. The second-order valence-corrected chi connectivity index (χ2v) is 3.66. The van der Waals surface area contributed by atoms with Gasteiger partial charge < -0.3 is 5.11 Å². The van der Waals surface area contributed by atoms with E-state index in [1.54, 1.807) is 0 Å². The Balaban J connectivity index is 2.70. The fourth-order valence-electron chi connectivity index (χ4n) is 1.56. The van der Waals surface area contributed by atoms with Gasteiger partial charge >= 0.3 is 0 Å². The molecule has 19 heavy (non-hydrogen) atoms. The Morgan fingerprint density at radius 1 is 1.37 bits per heavy atom. The Hall–Kier alpha value is -2.51. The van der Waals surface area contributed by atoms with Gasteiger partial charge in [-0.2, -0.15) is 5.26 Å². The number of benzene rings is 2. The van der Waals surface area contributed by atoms with E-state index in [0.717, 1.165) is 0 Å². The molecule has 94 valence electrons. The lowest BCUT2D eigenvalue weighted by molar-refractivity contribution is 0.103. The SMILES string of the molecule is [2H]c1c([2H])c(C(=O)c2ccc(C#N)cc2CO)c([2H])c([2H])c1F. The van der Waals surface area contributed by atoms with Gasteiger partial charge in [-0.25, -0.2) is 4.39 Å². The van der Waals surface area contributed by atoms with Gasteiger partial charge in [-0.3, -0.25) is 4.79 Å². The van der Waals surface area contributed by atoms with Gasteiger partial charge in [0.2, 0.25) is 0 Å². The number of carbonyl (C=O) groups is 1. The average Bonchev–Trinajstić information content (AvgIpc) is 2.57. The van der Waals surface area contributed by atoms with Crippen molar-refractivity contribution in [3.05, 3.63) is 70.4 Å². The third-order valence-electron chi connectivity index (χ3n) is 2.47. The number of rotatable bonds is 3. The van der Waals surface area contributed by atoms with E-state index in [0.29, 0.717) is 0 Å². The molecule has 0 saturated heterocycles. The number of carbonyl (C=O) groups excluding carboxylic acids is 1. The lowest BCUT2D eigenvalue weighted by Gasteiger charge is -2.07. The molecule has 0 heterocycles. The van der Waals surface area contributed by atoms with Crippen molar-refractivity contribution >= 4 is 5.78 Å². The van der Waals surface area contributed by atoms with E-state index in [9.17, 15) is 14.3 Å². The predicted octanol–water partition coefficient (Wildman–Crippen LogP) is 2.42. The summed E-state index contributed by atoms with van der Waals surface area (Å²) in [6.07, 6.45) is 0. The Labute approximate surface area is 115 Å². The lowest BCUT2D eigenvalue weighted by atomic mass is 9.97. The minimum atomic E-state index is -1.33. The molecule has 2 rings (SSSR count). The summed E-state index contributed by atoms with van der Waals surface area (Å²) >= 11 is 0. The van der Waals surface area contributed by atoms with Crippen LogP contribution < -0.4 is 0 Å². The Morgan fingerprint density at radius 3 is 2.63 bits per heavy atom. The lowest BCUT2D eigenvalue weighted by Crippen LogP contribution is -2.06. The number of aliphatic hydroxyl groups excluding tert-OH is 1. The van der Waals surface area contributed by atoms with E-state index in [2.05, 4.69) is 0 Å². The monoisotopic (exact) mass is 259 g/mol. The number of aliphatic hydroxyl groups is 1. The van der Waals surface area contributed by atoms with E-state index in [1.807, 2.05) is 6.07 Å². The summed E-state index contributed by atoms with van der Waals surface area (Å²) in [5, 5.41) is 18.2. The van der Waals surface area contributed by atoms with E-state index < -0.39 is 47.9 Å². The van der Waals surface area contributed by atoms with Crippen LogP contribution in [0.25, 0.3) is 0 Å². The fraction of sp³-hybridized carbons (Fsp3) is 0.0667. The highest BCUT2D eigenvalue weighted by atomic mass is 19.1. The molecule has 0 atom stereocenters. The molecule has 0 spiro atoms. The van der Waals surface area contributed by atoms with E-state index in [1.165, 1.54) is 18.2 Å². The maximum Gasteiger partial charge on any atom is 0.193 e. The van der Waals surface area contributed by atoms with Crippen LogP contribution in [0.1, 0.15) is 32.5 Å². The highest BCUT2D eigenvalue weighted by Crippen LogP contribution is 2.17. The van der Waals surface area contributed by atoms with Crippen molar-refractivity contribution < 1.29 is 19.8 Å². The molecule has 3 nitrogen and oxygen atoms in total. The Kier molecular flexibility index (Phi) is 2.45. The smallest absolute Gasteiger partial charge is 0.193 e. The zero-order valence-corrected chi connectivity index (χ0v) is 9.62. The molecule has 0 amide bonds. The molecular formula is C15H10FNO2. The quantitative estimate of drug-likeness (QED) is 0.861. The van der Waals surface area contributed by atoms with Crippen molar-refractivity contribution in [3.8, 4) is 6.07 Å². The van der Waals surface area contributed by atoms with Gasteiger partial charge in [-0.05, 0) is 47.9 Å². The van der Waals surface area contributed by atoms with Gasteiger partial charge in [-0.15, -0.1) is 0 Å². The summed E-state index contributed by atoms with van der Waals surface area (Å²) in [6.45, 7) is -0.556. The van der Waals surface area contributed by atoms with E-state index in [4.69, 9.17) is 10.7 Å². The Bertz CT molecular complexity index is 833. The number of nitriles is 1. The van der Waals surface area contributed by atoms with Crippen molar-refractivity contribution in [3.63, 3.8) is 0 Å². The van der Waals surface area contributed by atoms with Crippen LogP contribution in [0.3, 0.4) is 0 Å². The molecule has 0 saturated carbocycles. The predicted molar refractivity (Wildman–Crippen MR) is 66.9 cm³/mol. The van der Waals surface area contributed by atoms with E-state index >= 15 is 0 Å². The van der Waals surface area contributed by atoms with Crippen LogP contribution in [0.15, 0.2) is 42.4 Å². The minimum absolute atomic E-state index is 0.0705. The highest BCUT2D eigenvalue weighted by molar-refractivity contribution is 6.09. The van der Waals surface area contributed by atoms with Crippen LogP contribution in [-0.4, -0.2) is 10.9 Å². The number of hydrogen-bond donors (Lipinski definition) is 1.